The predicted octanol–water partition coefficient (Wildman–Crippen LogP) is 8.21. The number of halogens is 1. The number of fused-ring (bicyclic) bond motifs is 6. The predicted molar refractivity (Wildman–Crippen MR) is 119 cm³/mol. The van der Waals surface area contributed by atoms with Crippen LogP contribution in [-0.4, -0.2) is 0 Å². The van der Waals surface area contributed by atoms with Gasteiger partial charge in [-0.3, -0.25) is 0 Å². The number of rotatable bonds is 1. The van der Waals surface area contributed by atoms with Crippen molar-refractivity contribution in [3.8, 4) is 11.1 Å². The standard InChI is InChI=1S/C26H15ClO/c27-18-13-14-23-22(15-18)26-21(9-4-10-24(26)28-23)20-8-3-6-17-12-11-16-5-1-2-7-19(16)25(17)20/h1-15H. The Labute approximate surface area is 166 Å². The van der Waals surface area contributed by atoms with E-state index in [1.54, 1.807) is 0 Å². The lowest BCUT2D eigenvalue weighted by Crippen LogP contribution is -1.85. The Kier molecular flexibility index (Phi) is 3.29. The van der Waals surface area contributed by atoms with Gasteiger partial charge in [0.1, 0.15) is 11.2 Å². The van der Waals surface area contributed by atoms with Gasteiger partial charge >= 0.3 is 0 Å². The summed E-state index contributed by atoms with van der Waals surface area (Å²) in [6.45, 7) is 0. The minimum atomic E-state index is 0.716. The molecule has 0 atom stereocenters. The Morgan fingerprint density at radius 2 is 1.29 bits per heavy atom. The van der Waals surface area contributed by atoms with E-state index >= 15 is 0 Å². The van der Waals surface area contributed by atoms with Gasteiger partial charge in [-0.25, -0.2) is 0 Å². The van der Waals surface area contributed by atoms with Gasteiger partial charge in [0, 0.05) is 15.8 Å². The Balaban J connectivity index is 1.82. The second-order valence-electron chi connectivity index (χ2n) is 7.11. The second-order valence-corrected chi connectivity index (χ2v) is 7.55. The zero-order valence-corrected chi connectivity index (χ0v) is 15.7. The van der Waals surface area contributed by atoms with Crippen molar-refractivity contribution in [2.24, 2.45) is 0 Å². The number of furan rings is 1. The number of hydrogen-bond donors (Lipinski definition) is 0. The highest BCUT2D eigenvalue weighted by Crippen LogP contribution is 2.41. The van der Waals surface area contributed by atoms with Gasteiger partial charge in [-0.2, -0.15) is 0 Å². The van der Waals surface area contributed by atoms with Gasteiger partial charge in [-0.15, -0.1) is 0 Å². The van der Waals surface area contributed by atoms with Crippen LogP contribution in [0.4, 0.5) is 0 Å². The van der Waals surface area contributed by atoms with Crippen molar-refractivity contribution in [3.63, 3.8) is 0 Å². The normalized spacial score (nSPS) is 11.8. The molecule has 0 spiro atoms. The second kappa shape index (κ2) is 5.85. The van der Waals surface area contributed by atoms with Crippen LogP contribution in [0.1, 0.15) is 0 Å². The van der Waals surface area contributed by atoms with Crippen LogP contribution in [0.15, 0.2) is 95.4 Å². The molecule has 0 aliphatic heterocycles. The van der Waals surface area contributed by atoms with Crippen molar-refractivity contribution in [1.82, 2.24) is 0 Å². The van der Waals surface area contributed by atoms with Crippen LogP contribution in [0, 0.1) is 0 Å². The SMILES string of the molecule is Clc1ccc2oc3cccc(-c4cccc5ccc6ccccc6c45)c3c2c1. The minimum Gasteiger partial charge on any atom is -0.456 e. The third kappa shape index (κ3) is 2.20. The smallest absolute Gasteiger partial charge is 0.136 e. The van der Waals surface area contributed by atoms with Gasteiger partial charge in [0.15, 0.2) is 0 Å². The van der Waals surface area contributed by atoms with Crippen molar-refractivity contribution in [2.45, 2.75) is 0 Å². The molecule has 0 aliphatic carbocycles. The summed E-state index contributed by atoms with van der Waals surface area (Å²) in [6, 6.07) is 31.5. The molecule has 0 saturated heterocycles. The third-order valence-electron chi connectivity index (χ3n) is 5.52. The molecule has 132 valence electrons. The summed E-state index contributed by atoms with van der Waals surface area (Å²) in [4.78, 5) is 0. The van der Waals surface area contributed by atoms with E-state index in [9.17, 15) is 0 Å². The number of benzene rings is 5. The summed E-state index contributed by atoms with van der Waals surface area (Å²) in [5, 5.41) is 7.89. The fraction of sp³-hybridized carbons (Fsp3) is 0. The van der Waals surface area contributed by atoms with Crippen molar-refractivity contribution in [2.75, 3.05) is 0 Å². The van der Waals surface area contributed by atoms with Gasteiger partial charge in [-0.05, 0) is 56.9 Å². The molecule has 0 bridgehead atoms. The highest BCUT2D eigenvalue weighted by Gasteiger charge is 2.15. The molecule has 6 aromatic rings. The molecule has 0 N–H and O–H groups in total. The van der Waals surface area contributed by atoms with Gasteiger partial charge in [-0.1, -0.05) is 78.3 Å². The maximum Gasteiger partial charge on any atom is 0.136 e. The molecule has 0 fully saturated rings. The van der Waals surface area contributed by atoms with E-state index in [0.29, 0.717) is 5.02 Å². The summed E-state index contributed by atoms with van der Waals surface area (Å²) in [5.74, 6) is 0. The van der Waals surface area contributed by atoms with Crippen LogP contribution in [0.3, 0.4) is 0 Å². The molecule has 0 amide bonds. The molecule has 28 heavy (non-hydrogen) atoms. The lowest BCUT2D eigenvalue weighted by molar-refractivity contribution is 0.669. The first kappa shape index (κ1) is 15.7. The average molecular weight is 379 g/mol. The monoisotopic (exact) mass is 378 g/mol. The van der Waals surface area contributed by atoms with Crippen molar-refractivity contribution in [3.05, 3.63) is 96.0 Å². The molecule has 1 nitrogen and oxygen atoms in total. The Morgan fingerprint density at radius 3 is 2.21 bits per heavy atom. The van der Waals surface area contributed by atoms with Crippen LogP contribution in [0.25, 0.3) is 54.6 Å². The summed E-state index contributed by atoms with van der Waals surface area (Å²) in [6.07, 6.45) is 0. The molecular formula is C26H15ClO. The fourth-order valence-corrected chi connectivity index (χ4v) is 4.48. The lowest BCUT2D eigenvalue weighted by atomic mass is 9.91. The molecule has 6 rings (SSSR count). The molecular weight excluding hydrogens is 364 g/mol. The molecule has 5 aromatic carbocycles. The maximum atomic E-state index is 6.31. The molecule has 0 radical (unpaired) electrons. The van der Waals surface area contributed by atoms with Crippen molar-refractivity contribution < 1.29 is 4.42 Å². The molecule has 0 saturated carbocycles. The zero-order valence-electron chi connectivity index (χ0n) is 14.9. The summed E-state index contributed by atoms with van der Waals surface area (Å²) in [5.41, 5.74) is 4.12. The minimum absolute atomic E-state index is 0.716. The average Bonchev–Trinajstić information content (AvgIpc) is 3.11. The third-order valence-corrected chi connectivity index (χ3v) is 5.75. The van der Waals surface area contributed by atoms with E-state index in [0.717, 1.165) is 21.9 Å². The molecule has 0 aliphatic rings. The van der Waals surface area contributed by atoms with Crippen molar-refractivity contribution in [1.29, 1.82) is 0 Å². The highest BCUT2D eigenvalue weighted by atomic mass is 35.5. The van der Waals surface area contributed by atoms with Crippen LogP contribution in [0.5, 0.6) is 0 Å². The van der Waals surface area contributed by atoms with Gasteiger partial charge in [0.25, 0.3) is 0 Å². The Hall–Kier alpha value is -3.29. The van der Waals surface area contributed by atoms with Crippen LogP contribution in [0.2, 0.25) is 5.02 Å². The summed E-state index contributed by atoms with van der Waals surface area (Å²) >= 11 is 6.31. The quantitative estimate of drug-likeness (QED) is 0.263. The van der Waals surface area contributed by atoms with E-state index in [4.69, 9.17) is 16.0 Å². The first-order chi connectivity index (χ1) is 13.8. The van der Waals surface area contributed by atoms with E-state index in [-0.39, 0.29) is 0 Å². The van der Waals surface area contributed by atoms with Crippen LogP contribution < -0.4 is 0 Å². The fourth-order valence-electron chi connectivity index (χ4n) is 4.31. The molecule has 0 unspecified atom stereocenters. The first-order valence-corrected chi connectivity index (χ1v) is 9.69. The summed E-state index contributed by atoms with van der Waals surface area (Å²) < 4.78 is 6.11. The Bertz CT molecular complexity index is 1520. The lowest BCUT2D eigenvalue weighted by Gasteiger charge is -2.11. The highest BCUT2D eigenvalue weighted by molar-refractivity contribution is 6.32. The molecule has 2 heteroatoms. The largest absolute Gasteiger partial charge is 0.456 e. The van der Waals surface area contributed by atoms with Crippen LogP contribution in [-0.2, 0) is 0 Å². The van der Waals surface area contributed by atoms with E-state index in [2.05, 4.69) is 66.7 Å². The van der Waals surface area contributed by atoms with Crippen LogP contribution >= 0.6 is 11.6 Å². The van der Waals surface area contributed by atoms with E-state index in [1.807, 2.05) is 24.3 Å². The van der Waals surface area contributed by atoms with Gasteiger partial charge in [0.2, 0.25) is 0 Å². The van der Waals surface area contributed by atoms with E-state index in [1.165, 1.54) is 32.7 Å². The first-order valence-electron chi connectivity index (χ1n) is 9.31. The zero-order chi connectivity index (χ0) is 18.7. The van der Waals surface area contributed by atoms with Gasteiger partial charge < -0.3 is 4.42 Å². The molecule has 1 aromatic heterocycles. The number of hydrogen-bond acceptors (Lipinski definition) is 1. The van der Waals surface area contributed by atoms with E-state index < -0.39 is 0 Å². The van der Waals surface area contributed by atoms with Gasteiger partial charge in [0.05, 0.1) is 0 Å². The summed E-state index contributed by atoms with van der Waals surface area (Å²) in [7, 11) is 0. The maximum absolute atomic E-state index is 6.31. The Morgan fingerprint density at radius 1 is 0.536 bits per heavy atom. The topological polar surface area (TPSA) is 13.1 Å². The molecule has 1 heterocycles. The van der Waals surface area contributed by atoms with Crippen molar-refractivity contribution >= 4 is 55.1 Å².